The second kappa shape index (κ2) is 8.70. The van der Waals surface area contributed by atoms with Crippen LogP contribution in [0.4, 0.5) is 11.6 Å². The second-order valence-corrected chi connectivity index (χ2v) is 8.68. The first-order chi connectivity index (χ1) is 16.5. The lowest BCUT2D eigenvalue weighted by atomic mass is 10.1. The highest BCUT2D eigenvalue weighted by atomic mass is 16.5. The maximum Gasteiger partial charge on any atom is 0.332 e. The third kappa shape index (κ3) is 3.71. The van der Waals surface area contributed by atoms with Crippen molar-refractivity contribution in [2.75, 3.05) is 18.6 Å². The van der Waals surface area contributed by atoms with Crippen molar-refractivity contribution in [3.63, 3.8) is 0 Å². The van der Waals surface area contributed by atoms with Crippen LogP contribution in [0.3, 0.4) is 0 Å². The molecule has 0 N–H and O–H groups in total. The van der Waals surface area contributed by atoms with Gasteiger partial charge in [-0.2, -0.15) is 4.98 Å². The monoisotopic (exact) mass is 457 g/mol. The number of imidazole rings is 1. The molecule has 0 amide bonds. The standard InChI is InChI=1S/C26H27N5O3/c1-18-16-30(20-11-13-21(34-3)14-12-20)25-27-23-22(31(25)17-18)24(32)29(26(33)28(23)2)15-7-10-19-8-5-4-6-9-19/h4-14,18H,15-17H2,1-3H3/b10-7-/t18-/m1/s1. The van der Waals surface area contributed by atoms with Gasteiger partial charge >= 0.3 is 5.69 Å². The van der Waals surface area contributed by atoms with Gasteiger partial charge in [0.05, 0.1) is 7.11 Å². The third-order valence-corrected chi connectivity index (χ3v) is 6.22. The van der Waals surface area contributed by atoms with Crippen molar-refractivity contribution in [1.29, 1.82) is 0 Å². The van der Waals surface area contributed by atoms with Crippen LogP contribution in [0, 0.1) is 5.92 Å². The highest BCUT2D eigenvalue weighted by Gasteiger charge is 2.29. The minimum atomic E-state index is -0.380. The number of ether oxygens (including phenoxy) is 1. The number of anilines is 2. The number of benzene rings is 2. The maximum atomic E-state index is 13.5. The van der Waals surface area contributed by atoms with E-state index in [2.05, 4.69) is 11.8 Å². The SMILES string of the molecule is COc1ccc(N2C[C@@H](C)Cn3c2nc2c3c(=O)n(C/C=C\c3ccccc3)c(=O)n2C)cc1. The zero-order valence-corrected chi connectivity index (χ0v) is 19.5. The van der Waals surface area contributed by atoms with Crippen molar-refractivity contribution < 1.29 is 4.74 Å². The predicted octanol–water partition coefficient (Wildman–Crippen LogP) is 3.41. The molecule has 1 aliphatic rings. The lowest BCUT2D eigenvalue weighted by molar-refractivity contribution is 0.414. The Morgan fingerprint density at radius 3 is 2.50 bits per heavy atom. The molecule has 2 aromatic carbocycles. The Labute approximate surface area is 197 Å². The lowest BCUT2D eigenvalue weighted by Crippen LogP contribution is -2.40. The van der Waals surface area contributed by atoms with Gasteiger partial charge in [0.25, 0.3) is 5.56 Å². The van der Waals surface area contributed by atoms with Gasteiger partial charge in [-0.05, 0) is 35.7 Å². The van der Waals surface area contributed by atoms with Gasteiger partial charge < -0.3 is 14.2 Å². The molecule has 0 spiro atoms. The Morgan fingerprint density at radius 2 is 1.79 bits per heavy atom. The molecule has 0 bridgehead atoms. The van der Waals surface area contributed by atoms with Crippen molar-refractivity contribution in [3.05, 3.63) is 87.1 Å². The fraction of sp³-hybridized carbons (Fsp3) is 0.269. The van der Waals surface area contributed by atoms with Crippen LogP contribution >= 0.6 is 0 Å². The molecule has 0 saturated heterocycles. The molecule has 1 aliphatic heterocycles. The fourth-order valence-corrected chi connectivity index (χ4v) is 4.50. The Hall–Kier alpha value is -4.07. The molecule has 8 nitrogen and oxygen atoms in total. The van der Waals surface area contributed by atoms with Crippen LogP contribution in [0.1, 0.15) is 12.5 Å². The van der Waals surface area contributed by atoms with Gasteiger partial charge in [0, 0.05) is 32.4 Å². The number of fused-ring (bicyclic) bond motifs is 3. The van der Waals surface area contributed by atoms with E-state index in [0.717, 1.165) is 23.5 Å². The Kier molecular flexibility index (Phi) is 5.57. The molecule has 0 fully saturated rings. The van der Waals surface area contributed by atoms with E-state index < -0.39 is 0 Å². The summed E-state index contributed by atoms with van der Waals surface area (Å²) >= 11 is 0. The summed E-state index contributed by atoms with van der Waals surface area (Å²) in [6, 6.07) is 17.6. The predicted molar refractivity (Wildman–Crippen MR) is 134 cm³/mol. The van der Waals surface area contributed by atoms with Crippen LogP contribution in [-0.2, 0) is 20.1 Å². The minimum absolute atomic E-state index is 0.189. The van der Waals surface area contributed by atoms with E-state index in [9.17, 15) is 9.59 Å². The molecule has 4 aromatic rings. The van der Waals surface area contributed by atoms with E-state index >= 15 is 0 Å². The lowest BCUT2D eigenvalue weighted by Gasteiger charge is -2.33. The van der Waals surface area contributed by atoms with Crippen LogP contribution in [0.2, 0.25) is 0 Å². The van der Waals surface area contributed by atoms with Gasteiger partial charge in [0.2, 0.25) is 5.95 Å². The van der Waals surface area contributed by atoms with E-state index in [0.29, 0.717) is 23.7 Å². The molecular weight excluding hydrogens is 430 g/mol. The molecule has 0 radical (unpaired) electrons. The normalized spacial score (nSPS) is 15.7. The van der Waals surface area contributed by atoms with E-state index in [1.165, 1.54) is 9.13 Å². The van der Waals surface area contributed by atoms with Crippen LogP contribution in [0.15, 0.2) is 70.3 Å². The summed E-state index contributed by atoms with van der Waals surface area (Å²) in [4.78, 5) is 33.5. The highest BCUT2D eigenvalue weighted by molar-refractivity contribution is 5.77. The molecule has 0 unspecified atom stereocenters. The van der Waals surface area contributed by atoms with Crippen molar-refractivity contribution >= 4 is 28.9 Å². The zero-order chi connectivity index (χ0) is 23.8. The van der Waals surface area contributed by atoms with Crippen LogP contribution < -0.4 is 20.9 Å². The molecule has 34 heavy (non-hydrogen) atoms. The summed E-state index contributed by atoms with van der Waals surface area (Å²) in [6.45, 7) is 3.76. The average Bonchev–Trinajstić information content (AvgIpc) is 3.24. The number of hydrogen-bond donors (Lipinski definition) is 0. The summed E-state index contributed by atoms with van der Waals surface area (Å²) in [5, 5.41) is 0. The van der Waals surface area contributed by atoms with Crippen molar-refractivity contribution in [3.8, 4) is 5.75 Å². The summed E-state index contributed by atoms with van der Waals surface area (Å²) in [6.07, 6.45) is 3.75. The number of aryl methyl sites for hydroxylation is 1. The average molecular weight is 458 g/mol. The van der Waals surface area contributed by atoms with Gasteiger partial charge in [0.15, 0.2) is 11.2 Å². The van der Waals surface area contributed by atoms with Gasteiger partial charge in [-0.25, -0.2) is 4.79 Å². The number of allylic oxidation sites excluding steroid dienone is 1. The van der Waals surface area contributed by atoms with E-state index in [1.54, 1.807) is 14.2 Å². The summed E-state index contributed by atoms with van der Waals surface area (Å²) < 4.78 is 9.98. The van der Waals surface area contributed by atoms with Crippen LogP contribution in [0.5, 0.6) is 5.75 Å². The highest BCUT2D eigenvalue weighted by Crippen LogP contribution is 2.33. The molecule has 8 heteroatoms. The van der Waals surface area contributed by atoms with Gasteiger partial charge in [-0.3, -0.25) is 13.9 Å². The molecule has 1 atom stereocenters. The van der Waals surface area contributed by atoms with Crippen molar-refractivity contribution in [1.82, 2.24) is 18.7 Å². The second-order valence-electron chi connectivity index (χ2n) is 8.68. The van der Waals surface area contributed by atoms with E-state index in [-0.39, 0.29) is 23.7 Å². The summed E-state index contributed by atoms with van der Waals surface area (Å²) in [5.74, 6) is 1.73. The maximum absolute atomic E-state index is 13.5. The first-order valence-electron chi connectivity index (χ1n) is 11.3. The topological polar surface area (TPSA) is 74.3 Å². The molecule has 5 rings (SSSR count). The first-order valence-corrected chi connectivity index (χ1v) is 11.3. The van der Waals surface area contributed by atoms with Gasteiger partial charge in [0.1, 0.15) is 5.75 Å². The third-order valence-electron chi connectivity index (χ3n) is 6.22. The number of nitrogens with zero attached hydrogens (tertiary/aromatic N) is 5. The minimum Gasteiger partial charge on any atom is -0.497 e. The molecule has 0 saturated carbocycles. The van der Waals surface area contributed by atoms with E-state index in [1.807, 2.05) is 71.3 Å². The number of rotatable bonds is 5. The Bertz CT molecular complexity index is 1480. The largest absolute Gasteiger partial charge is 0.497 e. The van der Waals surface area contributed by atoms with E-state index in [4.69, 9.17) is 9.72 Å². The number of hydrogen-bond acceptors (Lipinski definition) is 5. The van der Waals surface area contributed by atoms with Gasteiger partial charge in [-0.1, -0.05) is 49.4 Å². The Balaban J connectivity index is 1.61. The molecule has 0 aliphatic carbocycles. The zero-order valence-electron chi connectivity index (χ0n) is 19.5. The summed E-state index contributed by atoms with van der Waals surface area (Å²) in [5.41, 5.74) is 2.13. The summed E-state index contributed by atoms with van der Waals surface area (Å²) in [7, 11) is 3.31. The quantitative estimate of drug-likeness (QED) is 0.459. The smallest absolute Gasteiger partial charge is 0.332 e. The van der Waals surface area contributed by atoms with Crippen LogP contribution in [0.25, 0.3) is 17.2 Å². The number of methoxy groups -OCH3 is 1. The van der Waals surface area contributed by atoms with Gasteiger partial charge in [-0.15, -0.1) is 0 Å². The van der Waals surface area contributed by atoms with Crippen molar-refractivity contribution in [2.45, 2.75) is 20.0 Å². The van der Waals surface area contributed by atoms with Crippen molar-refractivity contribution in [2.24, 2.45) is 13.0 Å². The van der Waals surface area contributed by atoms with Crippen LogP contribution in [-0.4, -0.2) is 32.3 Å². The molecular formula is C26H27N5O3. The fourth-order valence-electron chi connectivity index (χ4n) is 4.50. The number of aromatic nitrogens is 4. The first kappa shape index (κ1) is 21.8. The molecule has 3 heterocycles. The Morgan fingerprint density at radius 1 is 1.06 bits per heavy atom. The molecule has 174 valence electrons. The molecule has 2 aromatic heterocycles.